The lowest BCUT2D eigenvalue weighted by atomic mass is 9.97. The van der Waals surface area contributed by atoms with Crippen LogP contribution in [0.1, 0.15) is 60.9 Å². The van der Waals surface area contributed by atoms with Crippen molar-refractivity contribution in [2.75, 3.05) is 12.4 Å². The van der Waals surface area contributed by atoms with Crippen LogP contribution in [0.25, 0.3) is 0 Å². The fourth-order valence-corrected chi connectivity index (χ4v) is 4.64. The second kappa shape index (κ2) is 11.3. The Morgan fingerprint density at radius 3 is 2.33 bits per heavy atom. The SMILES string of the molecule is CCS(=O)(=O)c1ccc(C(CO)NC(=O)c2nn(CC(C)(C)C)c(Oc3ncccc3C(F)(F)F)c2C)cc1. The van der Waals surface area contributed by atoms with E-state index < -0.39 is 46.0 Å². The van der Waals surface area contributed by atoms with Gasteiger partial charge in [-0.05, 0) is 42.2 Å². The quantitative estimate of drug-likeness (QED) is 0.384. The zero-order chi connectivity index (χ0) is 29.2. The molecule has 0 aliphatic rings. The molecule has 1 atom stereocenters. The van der Waals surface area contributed by atoms with E-state index in [1.54, 1.807) is 0 Å². The van der Waals surface area contributed by atoms with E-state index in [-0.39, 0.29) is 39.7 Å². The van der Waals surface area contributed by atoms with Crippen LogP contribution in [0.4, 0.5) is 13.2 Å². The van der Waals surface area contributed by atoms with Crippen molar-refractivity contribution in [1.82, 2.24) is 20.1 Å². The van der Waals surface area contributed by atoms with Gasteiger partial charge in [0.1, 0.15) is 5.56 Å². The number of benzene rings is 1. The number of hydrogen-bond acceptors (Lipinski definition) is 7. The lowest BCUT2D eigenvalue weighted by molar-refractivity contribution is -0.138. The fraction of sp³-hybridized carbons (Fsp3) is 0.423. The van der Waals surface area contributed by atoms with Gasteiger partial charge in [0.15, 0.2) is 15.5 Å². The van der Waals surface area contributed by atoms with Gasteiger partial charge in [-0.1, -0.05) is 39.8 Å². The first kappa shape index (κ1) is 30.1. The van der Waals surface area contributed by atoms with Gasteiger partial charge in [-0.3, -0.25) is 4.79 Å². The molecule has 212 valence electrons. The number of nitrogens with zero attached hydrogens (tertiary/aromatic N) is 3. The number of sulfone groups is 1. The summed E-state index contributed by atoms with van der Waals surface area (Å²) in [5.74, 6) is -1.53. The van der Waals surface area contributed by atoms with E-state index >= 15 is 0 Å². The zero-order valence-electron chi connectivity index (χ0n) is 22.2. The third-order valence-electron chi connectivity index (χ3n) is 5.75. The number of aliphatic hydroxyl groups is 1. The molecule has 0 spiro atoms. The number of nitrogens with one attached hydrogen (secondary N) is 1. The van der Waals surface area contributed by atoms with Crippen LogP contribution in [0, 0.1) is 12.3 Å². The van der Waals surface area contributed by atoms with Crippen LogP contribution in [-0.4, -0.2) is 46.6 Å². The van der Waals surface area contributed by atoms with E-state index in [0.717, 1.165) is 12.1 Å². The number of carbonyl (C=O) groups excluding carboxylic acids is 1. The summed E-state index contributed by atoms with van der Waals surface area (Å²) in [5.41, 5.74) is -0.936. The van der Waals surface area contributed by atoms with Crippen molar-refractivity contribution in [3.8, 4) is 11.8 Å². The third-order valence-corrected chi connectivity index (χ3v) is 7.50. The van der Waals surface area contributed by atoms with Crippen LogP contribution >= 0.6 is 0 Å². The minimum atomic E-state index is -4.72. The summed E-state index contributed by atoms with van der Waals surface area (Å²) in [6.45, 7) is 8.39. The molecule has 9 nitrogen and oxygen atoms in total. The molecule has 3 rings (SSSR count). The molecule has 13 heteroatoms. The van der Waals surface area contributed by atoms with Crippen LogP contribution in [0.5, 0.6) is 11.8 Å². The highest BCUT2D eigenvalue weighted by Crippen LogP contribution is 2.38. The molecule has 0 fully saturated rings. The van der Waals surface area contributed by atoms with E-state index in [1.165, 1.54) is 49.0 Å². The monoisotopic (exact) mass is 568 g/mol. The Morgan fingerprint density at radius 2 is 1.79 bits per heavy atom. The maximum absolute atomic E-state index is 13.5. The van der Waals surface area contributed by atoms with E-state index in [0.29, 0.717) is 5.56 Å². The van der Waals surface area contributed by atoms with Gasteiger partial charge in [0.25, 0.3) is 5.91 Å². The van der Waals surface area contributed by atoms with Crippen molar-refractivity contribution in [2.45, 2.75) is 58.3 Å². The molecule has 0 saturated carbocycles. The summed E-state index contributed by atoms with van der Waals surface area (Å²) in [6, 6.07) is 6.85. The van der Waals surface area contributed by atoms with Gasteiger partial charge in [-0.15, -0.1) is 0 Å². The molecule has 2 aromatic heterocycles. The Kier molecular flexibility index (Phi) is 8.75. The number of halogens is 3. The van der Waals surface area contributed by atoms with Crippen LogP contribution in [0.3, 0.4) is 0 Å². The number of hydrogen-bond donors (Lipinski definition) is 2. The number of aliphatic hydroxyl groups excluding tert-OH is 1. The van der Waals surface area contributed by atoms with Gasteiger partial charge in [0.2, 0.25) is 11.8 Å². The van der Waals surface area contributed by atoms with Crippen LogP contribution in [-0.2, 0) is 22.6 Å². The molecule has 2 N–H and O–H groups in total. The molecule has 2 heterocycles. The lowest BCUT2D eigenvalue weighted by Crippen LogP contribution is -2.31. The fourth-order valence-electron chi connectivity index (χ4n) is 3.75. The minimum Gasteiger partial charge on any atom is -0.420 e. The number of aromatic nitrogens is 3. The van der Waals surface area contributed by atoms with Crippen LogP contribution in [0.15, 0.2) is 47.5 Å². The van der Waals surface area contributed by atoms with Gasteiger partial charge in [-0.2, -0.15) is 18.3 Å². The second-order valence-corrected chi connectivity index (χ2v) is 12.4. The predicted octanol–water partition coefficient (Wildman–Crippen LogP) is 4.70. The van der Waals surface area contributed by atoms with Crippen molar-refractivity contribution in [3.63, 3.8) is 0 Å². The van der Waals surface area contributed by atoms with E-state index in [2.05, 4.69) is 15.4 Å². The predicted molar refractivity (Wildman–Crippen MR) is 137 cm³/mol. The molecule has 0 aliphatic heterocycles. The van der Waals surface area contributed by atoms with E-state index in [1.807, 2.05) is 20.8 Å². The number of ether oxygens (including phenoxy) is 1. The van der Waals surface area contributed by atoms with E-state index in [9.17, 15) is 31.5 Å². The topological polar surface area (TPSA) is 123 Å². The highest BCUT2D eigenvalue weighted by atomic mass is 32.2. The Morgan fingerprint density at radius 1 is 1.15 bits per heavy atom. The molecule has 0 aliphatic carbocycles. The number of pyridine rings is 1. The average Bonchev–Trinajstić information content (AvgIpc) is 3.15. The molecule has 1 aromatic carbocycles. The van der Waals surface area contributed by atoms with Gasteiger partial charge in [0.05, 0.1) is 23.3 Å². The summed E-state index contributed by atoms with van der Waals surface area (Å²) in [4.78, 5) is 17.1. The minimum absolute atomic E-state index is 0.0730. The Hall–Kier alpha value is -3.45. The number of alkyl halides is 3. The van der Waals surface area contributed by atoms with Crippen molar-refractivity contribution in [3.05, 3.63) is 65.0 Å². The first-order valence-corrected chi connectivity index (χ1v) is 13.7. The maximum Gasteiger partial charge on any atom is 0.421 e. The summed E-state index contributed by atoms with van der Waals surface area (Å²) >= 11 is 0. The summed E-state index contributed by atoms with van der Waals surface area (Å²) in [5, 5.41) is 16.9. The summed E-state index contributed by atoms with van der Waals surface area (Å²) in [7, 11) is -3.43. The zero-order valence-corrected chi connectivity index (χ0v) is 23.0. The smallest absolute Gasteiger partial charge is 0.420 e. The Balaban J connectivity index is 1.96. The van der Waals surface area contributed by atoms with Crippen molar-refractivity contribution in [2.24, 2.45) is 5.41 Å². The number of rotatable bonds is 9. The van der Waals surface area contributed by atoms with Gasteiger partial charge < -0.3 is 15.2 Å². The Bertz CT molecular complexity index is 1430. The van der Waals surface area contributed by atoms with E-state index in [4.69, 9.17) is 4.74 Å². The number of carbonyl (C=O) groups is 1. The van der Waals surface area contributed by atoms with Gasteiger partial charge in [0, 0.05) is 18.3 Å². The number of amides is 1. The molecule has 3 aromatic rings. The largest absolute Gasteiger partial charge is 0.421 e. The summed E-state index contributed by atoms with van der Waals surface area (Å²) in [6.07, 6.45) is -3.55. The normalized spacial score (nSPS) is 13.3. The first-order chi connectivity index (χ1) is 18.1. The molecule has 0 saturated heterocycles. The first-order valence-electron chi connectivity index (χ1n) is 12.1. The van der Waals surface area contributed by atoms with Crippen molar-refractivity contribution in [1.29, 1.82) is 0 Å². The van der Waals surface area contributed by atoms with Crippen LogP contribution < -0.4 is 10.1 Å². The highest BCUT2D eigenvalue weighted by molar-refractivity contribution is 7.91. The van der Waals surface area contributed by atoms with Crippen LogP contribution in [0.2, 0.25) is 0 Å². The molecule has 0 radical (unpaired) electrons. The molecule has 1 unspecified atom stereocenters. The lowest BCUT2D eigenvalue weighted by Gasteiger charge is -2.20. The molecule has 0 bridgehead atoms. The second-order valence-electron chi connectivity index (χ2n) is 10.1. The highest BCUT2D eigenvalue weighted by Gasteiger charge is 2.36. The summed E-state index contributed by atoms with van der Waals surface area (Å²) < 4.78 is 71.8. The van der Waals surface area contributed by atoms with Crippen molar-refractivity contribution < 1.29 is 36.2 Å². The third kappa shape index (κ3) is 7.15. The molecule has 39 heavy (non-hydrogen) atoms. The molecule has 1 amide bonds. The standard InChI is InChI=1S/C26H31F3N4O5S/c1-6-39(36,37)18-11-9-17(10-12-18)20(14-34)31-22(35)21-16(2)24(33(32-21)15-25(3,4)5)38-23-19(26(27,28)29)8-7-13-30-23/h7-13,20,34H,6,14-15H2,1-5H3,(H,31,35). The average molecular weight is 569 g/mol. The van der Waals surface area contributed by atoms with Gasteiger partial charge in [-0.25, -0.2) is 18.1 Å². The van der Waals surface area contributed by atoms with Gasteiger partial charge >= 0.3 is 6.18 Å². The molecular weight excluding hydrogens is 537 g/mol. The van der Waals surface area contributed by atoms with Crippen molar-refractivity contribution >= 4 is 15.7 Å². The Labute approximate surface area is 224 Å². The maximum atomic E-state index is 13.5. The molecular formula is C26H31F3N4O5S.